The standard InChI is InChI=1S/C22H26N2O5S/c1-15-13-23(14-16(2)29-15)22(25)19-12-18(8-9-21(19)28-3)30(26,27)24-11-10-17-6-4-5-7-20(17)24/h4-9,12,15-16H,10-11,13-14H2,1-3H3. The van der Waals surface area contributed by atoms with E-state index in [1.807, 2.05) is 38.1 Å². The van der Waals surface area contributed by atoms with Gasteiger partial charge >= 0.3 is 0 Å². The molecular weight excluding hydrogens is 404 g/mol. The van der Waals surface area contributed by atoms with Crippen molar-refractivity contribution in [3.05, 3.63) is 53.6 Å². The van der Waals surface area contributed by atoms with Gasteiger partial charge in [-0.2, -0.15) is 0 Å². The number of nitrogens with zero attached hydrogens (tertiary/aromatic N) is 2. The average Bonchev–Trinajstić information content (AvgIpc) is 3.17. The maximum absolute atomic E-state index is 13.4. The number of ether oxygens (including phenoxy) is 2. The molecule has 7 nitrogen and oxygen atoms in total. The van der Waals surface area contributed by atoms with Gasteiger partial charge in [0.25, 0.3) is 15.9 Å². The first-order valence-electron chi connectivity index (χ1n) is 10.0. The number of morpholine rings is 1. The van der Waals surface area contributed by atoms with Crippen molar-refractivity contribution in [3.63, 3.8) is 0 Å². The molecule has 0 N–H and O–H groups in total. The topological polar surface area (TPSA) is 76.2 Å². The van der Waals surface area contributed by atoms with Gasteiger partial charge in [0.1, 0.15) is 5.75 Å². The van der Waals surface area contributed by atoms with Gasteiger partial charge in [-0.15, -0.1) is 0 Å². The smallest absolute Gasteiger partial charge is 0.264 e. The third kappa shape index (κ3) is 3.65. The highest BCUT2D eigenvalue weighted by atomic mass is 32.2. The molecule has 30 heavy (non-hydrogen) atoms. The molecule has 2 heterocycles. The molecule has 2 unspecified atom stereocenters. The molecule has 2 aliphatic rings. The molecule has 0 aliphatic carbocycles. The minimum Gasteiger partial charge on any atom is -0.496 e. The van der Waals surface area contributed by atoms with Gasteiger partial charge < -0.3 is 14.4 Å². The normalized spacial score (nSPS) is 21.4. The van der Waals surface area contributed by atoms with E-state index >= 15 is 0 Å². The first-order chi connectivity index (χ1) is 14.3. The number of hydrogen-bond acceptors (Lipinski definition) is 5. The number of sulfonamides is 1. The third-order valence-corrected chi connectivity index (χ3v) is 7.35. The summed E-state index contributed by atoms with van der Waals surface area (Å²) in [6, 6.07) is 12.0. The van der Waals surface area contributed by atoms with E-state index in [9.17, 15) is 13.2 Å². The number of fused-ring (bicyclic) bond motifs is 1. The van der Waals surface area contributed by atoms with Gasteiger partial charge in [0.05, 0.1) is 35.5 Å². The van der Waals surface area contributed by atoms with Crippen molar-refractivity contribution in [3.8, 4) is 5.75 Å². The van der Waals surface area contributed by atoms with Gasteiger partial charge in [0.2, 0.25) is 0 Å². The summed E-state index contributed by atoms with van der Waals surface area (Å²) in [4.78, 5) is 15.0. The van der Waals surface area contributed by atoms with Crippen LogP contribution in [0.1, 0.15) is 29.8 Å². The summed E-state index contributed by atoms with van der Waals surface area (Å²) >= 11 is 0. The van der Waals surface area contributed by atoms with E-state index in [1.165, 1.54) is 23.5 Å². The van der Waals surface area contributed by atoms with Crippen LogP contribution in [0.3, 0.4) is 0 Å². The number of carbonyl (C=O) groups is 1. The van der Waals surface area contributed by atoms with Crippen LogP contribution in [-0.4, -0.2) is 58.2 Å². The fourth-order valence-corrected chi connectivity index (χ4v) is 5.74. The van der Waals surface area contributed by atoms with E-state index in [2.05, 4.69) is 0 Å². The van der Waals surface area contributed by atoms with Gasteiger partial charge in [-0.3, -0.25) is 9.10 Å². The number of methoxy groups -OCH3 is 1. The lowest BCUT2D eigenvalue weighted by molar-refractivity contribution is -0.0586. The summed E-state index contributed by atoms with van der Waals surface area (Å²) in [5.41, 5.74) is 1.94. The van der Waals surface area contributed by atoms with Crippen LogP contribution in [0.15, 0.2) is 47.4 Å². The van der Waals surface area contributed by atoms with E-state index in [0.717, 1.165) is 5.56 Å². The molecule has 0 bridgehead atoms. The minimum absolute atomic E-state index is 0.0812. The molecule has 1 amide bonds. The predicted molar refractivity (Wildman–Crippen MR) is 114 cm³/mol. The molecule has 8 heteroatoms. The number of anilines is 1. The van der Waals surface area contributed by atoms with E-state index in [-0.39, 0.29) is 28.6 Å². The van der Waals surface area contributed by atoms with E-state index in [4.69, 9.17) is 9.47 Å². The Morgan fingerprint density at radius 3 is 2.50 bits per heavy atom. The molecular formula is C22H26N2O5S. The van der Waals surface area contributed by atoms with E-state index in [0.29, 0.717) is 37.5 Å². The lowest BCUT2D eigenvalue weighted by Gasteiger charge is -2.35. The van der Waals surface area contributed by atoms with Crippen LogP contribution >= 0.6 is 0 Å². The maximum Gasteiger partial charge on any atom is 0.264 e. The molecule has 2 aromatic carbocycles. The zero-order chi connectivity index (χ0) is 21.5. The second-order valence-corrected chi connectivity index (χ2v) is 9.65. The fourth-order valence-electron chi connectivity index (χ4n) is 4.21. The average molecular weight is 431 g/mol. The number of para-hydroxylation sites is 1. The maximum atomic E-state index is 13.4. The van der Waals surface area contributed by atoms with Crippen LogP contribution < -0.4 is 9.04 Å². The molecule has 2 aromatic rings. The lowest BCUT2D eigenvalue weighted by atomic mass is 10.1. The number of hydrogen-bond donors (Lipinski definition) is 0. The Morgan fingerprint density at radius 1 is 1.10 bits per heavy atom. The number of carbonyl (C=O) groups excluding carboxylic acids is 1. The molecule has 0 radical (unpaired) electrons. The van der Waals surface area contributed by atoms with Gasteiger partial charge in [-0.25, -0.2) is 8.42 Å². The second-order valence-electron chi connectivity index (χ2n) is 7.79. The van der Waals surface area contributed by atoms with Gasteiger partial charge in [0.15, 0.2) is 0 Å². The summed E-state index contributed by atoms with van der Waals surface area (Å²) in [6.45, 7) is 5.11. The molecule has 2 aliphatic heterocycles. The van der Waals surface area contributed by atoms with Crippen molar-refractivity contribution in [1.29, 1.82) is 0 Å². The molecule has 0 spiro atoms. The van der Waals surface area contributed by atoms with E-state index in [1.54, 1.807) is 11.0 Å². The van der Waals surface area contributed by atoms with Crippen LogP contribution in [-0.2, 0) is 21.2 Å². The molecule has 4 rings (SSSR count). The Bertz CT molecular complexity index is 1060. The first-order valence-corrected chi connectivity index (χ1v) is 11.5. The largest absolute Gasteiger partial charge is 0.496 e. The van der Waals surface area contributed by atoms with Crippen LogP contribution in [0, 0.1) is 0 Å². The number of rotatable bonds is 4. The molecule has 0 saturated carbocycles. The summed E-state index contributed by atoms with van der Waals surface area (Å²) < 4.78 is 39.3. The molecule has 1 saturated heterocycles. The van der Waals surface area contributed by atoms with Crippen molar-refractivity contribution in [2.75, 3.05) is 31.0 Å². The highest BCUT2D eigenvalue weighted by Gasteiger charge is 2.33. The Labute approximate surface area is 177 Å². The number of amides is 1. The van der Waals surface area contributed by atoms with Crippen molar-refractivity contribution in [2.45, 2.75) is 37.4 Å². The predicted octanol–water partition coefficient (Wildman–Crippen LogP) is 2.70. The second kappa shape index (κ2) is 7.92. The Balaban J connectivity index is 1.70. The van der Waals surface area contributed by atoms with Gasteiger partial charge in [-0.1, -0.05) is 18.2 Å². The lowest BCUT2D eigenvalue weighted by Crippen LogP contribution is -2.48. The summed E-state index contributed by atoms with van der Waals surface area (Å²) in [7, 11) is -2.33. The number of benzene rings is 2. The van der Waals surface area contributed by atoms with Crippen LogP contribution in [0.5, 0.6) is 5.75 Å². The fraction of sp³-hybridized carbons (Fsp3) is 0.409. The zero-order valence-electron chi connectivity index (χ0n) is 17.4. The Kier molecular flexibility index (Phi) is 5.46. The Morgan fingerprint density at radius 2 is 1.80 bits per heavy atom. The van der Waals surface area contributed by atoms with Gasteiger partial charge in [-0.05, 0) is 50.1 Å². The van der Waals surface area contributed by atoms with Crippen molar-refractivity contribution in [2.24, 2.45) is 0 Å². The quantitative estimate of drug-likeness (QED) is 0.746. The summed E-state index contributed by atoms with van der Waals surface area (Å²) in [6.07, 6.45) is 0.495. The third-order valence-electron chi connectivity index (χ3n) is 5.54. The highest BCUT2D eigenvalue weighted by Crippen LogP contribution is 2.34. The van der Waals surface area contributed by atoms with Crippen molar-refractivity contribution < 1.29 is 22.7 Å². The Hall–Kier alpha value is -2.58. The monoisotopic (exact) mass is 430 g/mol. The van der Waals surface area contributed by atoms with Crippen LogP contribution in [0.4, 0.5) is 5.69 Å². The molecule has 1 fully saturated rings. The van der Waals surface area contributed by atoms with Crippen LogP contribution in [0.2, 0.25) is 0 Å². The molecule has 0 aromatic heterocycles. The van der Waals surface area contributed by atoms with Gasteiger partial charge in [0, 0.05) is 19.6 Å². The minimum atomic E-state index is -3.80. The highest BCUT2D eigenvalue weighted by molar-refractivity contribution is 7.92. The first kappa shape index (κ1) is 20.7. The SMILES string of the molecule is COc1ccc(S(=O)(=O)N2CCc3ccccc32)cc1C(=O)N1CC(C)OC(C)C1. The van der Waals surface area contributed by atoms with Crippen LogP contribution in [0.25, 0.3) is 0 Å². The van der Waals surface area contributed by atoms with Crippen molar-refractivity contribution in [1.82, 2.24) is 4.90 Å². The van der Waals surface area contributed by atoms with Crippen molar-refractivity contribution >= 4 is 21.6 Å². The van der Waals surface area contributed by atoms with E-state index < -0.39 is 10.0 Å². The molecule has 2 atom stereocenters. The molecule has 160 valence electrons. The summed E-state index contributed by atoms with van der Waals surface area (Å²) in [5, 5.41) is 0. The zero-order valence-corrected chi connectivity index (χ0v) is 18.2. The summed E-state index contributed by atoms with van der Waals surface area (Å²) in [5.74, 6) is 0.0975.